The number of benzene rings is 1. The van der Waals surface area contributed by atoms with Gasteiger partial charge in [0, 0.05) is 22.8 Å². The Balaban J connectivity index is 1.80. The van der Waals surface area contributed by atoms with Crippen LogP contribution >= 0.6 is 22.9 Å². The van der Waals surface area contributed by atoms with Crippen molar-refractivity contribution in [2.75, 3.05) is 18.5 Å². The number of carbonyl (C=O) groups is 1. The molecule has 0 aliphatic heterocycles. The number of anilines is 1. The van der Waals surface area contributed by atoms with Crippen LogP contribution in [0.2, 0.25) is 5.02 Å². The number of nitrogens with zero attached hydrogens (tertiary/aromatic N) is 1. The second kappa shape index (κ2) is 7.47. The second-order valence-corrected chi connectivity index (χ2v) is 6.08. The molecule has 0 saturated heterocycles. The molecule has 0 unspecified atom stereocenters. The molecule has 7 heteroatoms. The SMILES string of the molecule is Cc1cc(OCCNc2nc(CC(=O)[O-])cs2)cc(C)c1Cl. The molecule has 0 fully saturated rings. The Morgan fingerprint density at radius 2 is 2.09 bits per heavy atom. The maximum atomic E-state index is 10.5. The number of ether oxygens (including phenoxy) is 1. The summed E-state index contributed by atoms with van der Waals surface area (Å²) < 4.78 is 5.67. The molecule has 0 radical (unpaired) electrons. The zero-order valence-electron chi connectivity index (χ0n) is 12.3. The summed E-state index contributed by atoms with van der Waals surface area (Å²) in [7, 11) is 0. The highest BCUT2D eigenvalue weighted by Gasteiger charge is 2.04. The van der Waals surface area contributed by atoms with Crippen LogP contribution in [0.1, 0.15) is 16.8 Å². The smallest absolute Gasteiger partial charge is 0.182 e. The van der Waals surface area contributed by atoms with Gasteiger partial charge < -0.3 is 20.0 Å². The third kappa shape index (κ3) is 4.61. The summed E-state index contributed by atoms with van der Waals surface area (Å²) in [5.74, 6) is -0.355. The average molecular weight is 340 g/mol. The van der Waals surface area contributed by atoms with E-state index >= 15 is 0 Å². The number of carbonyl (C=O) groups excluding carboxylic acids is 1. The molecule has 1 aromatic carbocycles. The Morgan fingerprint density at radius 1 is 1.41 bits per heavy atom. The van der Waals surface area contributed by atoms with Gasteiger partial charge in [-0.25, -0.2) is 4.98 Å². The van der Waals surface area contributed by atoms with Gasteiger partial charge in [-0.2, -0.15) is 0 Å². The third-order valence-corrected chi connectivity index (χ3v) is 4.38. The van der Waals surface area contributed by atoms with E-state index in [1.807, 2.05) is 26.0 Å². The number of aryl methyl sites for hydroxylation is 2. The van der Waals surface area contributed by atoms with Gasteiger partial charge in [0.05, 0.1) is 12.2 Å². The van der Waals surface area contributed by atoms with E-state index in [0.717, 1.165) is 21.9 Å². The second-order valence-electron chi connectivity index (χ2n) is 4.84. The van der Waals surface area contributed by atoms with Gasteiger partial charge in [0.25, 0.3) is 0 Å². The first-order valence-electron chi connectivity index (χ1n) is 6.73. The van der Waals surface area contributed by atoms with Gasteiger partial charge in [0.1, 0.15) is 12.4 Å². The highest BCUT2D eigenvalue weighted by Crippen LogP contribution is 2.25. The lowest BCUT2D eigenvalue weighted by Gasteiger charge is -2.10. The van der Waals surface area contributed by atoms with Crippen LogP contribution in [-0.4, -0.2) is 24.1 Å². The molecule has 0 atom stereocenters. The minimum atomic E-state index is -1.13. The van der Waals surface area contributed by atoms with Crippen molar-refractivity contribution in [1.82, 2.24) is 4.98 Å². The van der Waals surface area contributed by atoms with Crippen molar-refractivity contribution in [3.05, 3.63) is 39.4 Å². The van der Waals surface area contributed by atoms with Crippen molar-refractivity contribution in [3.63, 3.8) is 0 Å². The molecular formula is C15H16ClN2O3S-. The molecule has 0 spiro atoms. The largest absolute Gasteiger partial charge is 0.550 e. The lowest BCUT2D eigenvalue weighted by atomic mass is 10.1. The summed E-state index contributed by atoms with van der Waals surface area (Å²) in [6.07, 6.45) is -0.169. The summed E-state index contributed by atoms with van der Waals surface area (Å²) in [4.78, 5) is 14.6. The molecule has 2 aromatic rings. The predicted molar refractivity (Wildman–Crippen MR) is 85.7 cm³/mol. The van der Waals surface area contributed by atoms with Gasteiger partial charge in [0.15, 0.2) is 5.13 Å². The van der Waals surface area contributed by atoms with Crippen LogP contribution in [0.4, 0.5) is 5.13 Å². The van der Waals surface area contributed by atoms with E-state index in [0.29, 0.717) is 24.0 Å². The topological polar surface area (TPSA) is 74.3 Å². The first-order chi connectivity index (χ1) is 10.5. The zero-order valence-corrected chi connectivity index (χ0v) is 13.9. The molecule has 5 nitrogen and oxygen atoms in total. The third-order valence-electron chi connectivity index (χ3n) is 2.93. The maximum Gasteiger partial charge on any atom is 0.182 e. The van der Waals surface area contributed by atoms with Crippen LogP contribution in [0.5, 0.6) is 5.75 Å². The molecule has 0 saturated carbocycles. The number of aliphatic carboxylic acids is 1. The minimum Gasteiger partial charge on any atom is -0.550 e. The van der Waals surface area contributed by atoms with Crippen molar-refractivity contribution >= 4 is 34.0 Å². The minimum absolute atomic E-state index is 0.169. The number of thiazole rings is 1. The Hall–Kier alpha value is -1.79. The Morgan fingerprint density at radius 3 is 2.73 bits per heavy atom. The molecule has 2 rings (SSSR count). The molecule has 0 aliphatic rings. The van der Waals surface area contributed by atoms with Gasteiger partial charge in [-0.1, -0.05) is 11.6 Å². The number of hydrogen-bond donors (Lipinski definition) is 1. The normalized spacial score (nSPS) is 10.5. The molecular weight excluding hydrogens is 324 g/mol. The van der Waals surface area contributed by atoms with Crippen LogP contribution in [0, 0.1) is 13.8 Å². The number of hydrogen-bond acceptors (Lipinski definition) is 6. The van der Waals surface area contributed by atoms with E-state index in [-0.39, 0.29) is 6.42 Å². The first-order valence-corrected chi connectivity index (χ1v) is 7.99. The van der Waals surface area contributed by atoms with Gasteiger partial charge >= 0.3 is 0 Å². The quantitative estimate of drug-likeness (QED) is 0.783. The highest BCUT2D eigenvalue weighted by molar-refractivity contribution is 7.13. The van der Waals surface area contributed by atoms with E-state index < -0.39 is 5.97 Å². The van der Waals surface area contributed by atoms with Crippen molar-refractivity contribution in [2.45, 2.75) is 20.3 Å². The molecule has 22 heavy (non-hydrogen) atoms. The van der Waals surface area contributed by atoms with E-state index in [1.165, 1.54) is 11.3 Å². The summed E-state index contributed by atoms with van der Waals surface area (Å²) >= 11 is 7.47. The Kier molecular flexibility index (Phi) is 5.63. The van der Waals surface area contributed by atoms with Crippen molar-refractivity contribution in [2.24, 2.45) is 0 Å². The fraction of sp³-hybridized carbons (Fsp3) is 0.333. The number of rotatable bonds is 7. The van der Waals surface area contributed by atoms with Gasteiger partial charge in [-0.05, 0) is 37.1 Å². The summed E-state index contributed by atoms with van der Waals surface area (Å²) in [6.45, 7) is 4.92. The van der Waals surface area contributed by atoms with E-state index in [1.54, 1.807) is 5.38 Å². The summed E-state index contributed by atoms with van der Waals surface area (Å²) in [6, 6.07) is 3.80. The fourth-order valence-electron chi connectivity index (χ4n) is 1.93. The van der Waals surface area contributed by atoms with E-state index in [4.69, 9.17) is 16.3 Å². The fourth-order valence-corrected chi connectivity index (χ4v) is 2.78. The number of aromatic nitrogens is 1. The number of carboxylic acids is 1. The molecule has 1 N–H and O–H groups in total. The van der Waals surface area contributed by atoms with E-state index in [9.17, 15) is 9.90 Å². The molecule has 0 aliphatic carbocycles. The predicted octanol–water partition coefficient (Wildman–Crippen LogP) is 2.20. The number of carboxylic acid groups (broad SMARTS) is 1. The standard InChI is InChI=1S/C15H17ClN2O3S/c1-9-5-12(6-10(2)14(9)16)21-4-3-17-15-18-11(8-22-15)7-13(19)20/h5-6,8H,3-4,7H2,1-2H3,(H,17,18)(H,19,20)/p-1. The molecule has 118 valence electrons. The molecule has 0 bridgehead atoms. The van der Waals surface area contributed by atoms with Gasteiger partial charge in [-0.15, -0.1) is 11.3 Å². The van der Waals surface area contributed by atoms with Gasteiger partial charge in [-0.3, -0.25) is 0 Å². The molecule has 0 amide bonds. The van der Waals surface area contributed by atoms with Crippen molar-refractivity contribution < 1.29 is 14.6 Å². The van der Waals surface area contributed by atoms with Crippen LogP contribution in [0.3, 0.4) is 0 Å². The number of halogens is 1. The first kappa shape index (κ1) is 16.6. The van der Waals surface area contributed by atoms with Crippen molar-refractivity contribution in [3.8, 4) is 5.75 Å². The number of nitrogens with one attached hydrogen (secondary N) is 1. The maximum absolute atomic E-state index is 10.5. The molecule has 1 heterocycles. The molecule has 1 aromatic heterocycles. The lowest BCUT2D eigenvalue weighted by Crippen LogP contribution is -2.24. The lowest BCUT2D eigenvalue weighted by molar-refractivity contribution is -0.304. The summed E-state index contributed by atoms with van der Waals surface area (Å²) in [5, 5.41) is 16.7. The van der Waals surface area contributed by atoms with Crippen LogP contribution in [-0.2, 0) is 11.2 Å². The van der Waals surface area contributed by atoms with Crippen LogP contribution < -0.4 is 15.2 Å². The monoisotopic (exact) mass is 339 g/mol. The van der Waals surface area contributed by atoms with E-state index in [2.05, 4.69) is 10.3 Å². The zero-order chi connectivity index (χ0) is 16.1. The van der Waals surface area contributed by atoms with Crippen LogP contribution in [0.15, 0.2) is 17.5 Å². The van der Waals surface area contributed by atoms with Gasteiger partial charge in [0.2, 0.25) is 0 Å². The Labute approximate surface area is 137 Å². The van der Waals surface area contributed by atoms with Crippen LogP contribution in [0.25, 0.3) is 0 Å². The Bertz CT molecular complexity index is 650. The highest BCUT2D eigenvalue weighted by atomic mass is 35.5. The average Bonchev–Trinajstić information content (AvgIpc) is 2.87. The summed E-state index contributed by atoms with van der Waals surface area (Å²) in [5.41, 5.74) is 2.46. The van der Waals surface area contributed by atoms with Crippen molar-refractivity contribution in [1.29, 1.82) is 0 Å².